The van der Waals surface area contributed by atoms with E-state index < -0.39 is 0 Å². The van der Waals surface area contributed by atoms with Gasteiger partial charge in [0, 0.05) is 12.2 Å². The molecule has 1 aromatic heterocycles. The molecule has 4 heteroatoms. The summed E-state index contributed by atoms with van der Waals surface area (Å²) in [5.74, 6) is 0.828. The van der Waals surface area contributed by atoms with Gasteiger partial charge in [-0.25, -0.2) is 0 Å². The van der Waals surface area contributed by atoms with Crippen molar-refractivity contribution < 1.29 is 4.74 Å². The Morgan fingerprint density at radius 1 is 1.50 bits per heavy atom. The standard InChI is InChI=1S/C10H13N3O/c1-6-10-8(13-12-6)3-7(5-11)4-9(10)14-2/h3-4H,5,11H2,1-2H3,(H,12,13). The van der Waals surface area contributed by atoms with E-state index in [1.807, 2.05) is 19.1 Å². The van der Waals surface area contributed by atoms with Gasteiger partial charge < -0.3 is 10.5 Å². The third kappa shape index (κ3) is 1.24. The Hall–Kier alpha value is -1.55. The minimum atomic E-state index is 0.498. The zero-order valence-corrected chi connectivity index (χ0v) is 8.29. The van der Waals surface area contributed by atoms with E-state index in [2.05, 4.69) is 10.2 Å². The molecule has 0 aliphatic rings. The Balaban J connectivity index is 2.76. The van der Waals surface area contributed by atoms with Gasteiger partial charge in [-0.3, -0.25) is 5.10 Å². The van der Waals surface area contributed by atoms with E-state index in [1.165, 1.54) is 0 Å². The van der Waals surface area contributed by atoms with Gasteiger partial charge in [0.25, 0.3) is 0 Å². The van der Waals surface area contributed by atoms with Crippen molar-refractivity contribution in [1.82, 2.24) is 10.2 Å². The summed E-state index contributed by atoms with van der Waals surface area (Å²) < 4.78 is 5.29. The van der Waals surface area contributed by atoms with Gasteiger partial charge in [0.2, 0.25) is 0 Å². The second-order valence-electron chi connectivity index (χ2n) is 3.24. The summed E-state index contributed by atoms with van der Waals surface area (Å²) in [6, 6.07) is 3.92. The van der Waals surface area contributed by atoms with Crippen molar-refractivity contribution in [2.45, 2.75) is 13.5 Å². The van der Waals surface area contributed by atoms with Crippen molar-refractivity contribution in [1.29, 1.82) is 0 Å². The maximum atomic E-state index is 5.58. The molecule has 0 aliphatic carbocycles. The summed E-state index contributed by atoms with van der Waals surface area (Å²) in [4.78, 5) is 0. The van der Waals surface area contributed by atoms with Crippen LogP contribution >= 0.6 is 0 Å². The number of benzene rings is 1. The van der Waals surface area contributed by atoms with E-state index in [0.29, 0.717) is 6.54 Å². The summed E-state index contributed by atoms with van der Waals surface area (Å²) in [5, 5.41) is 8.14. The molecular formula is C10H13N3O. The van der Waals surface area contributed by atoms with Gasteiger partial charge >= 0.3 is 0 Å². The lowest BCUT2D eigenvalue weighted by atomic mass is 10.1. The number of aromatic amines is 1. The van der Waals surface area contributed by atoms with Gasteiger partial charge in [-0.05, 0) is 24.6 Å². The van der Waals surface area contributed by atoms with Crippen LogP contribution in [0.4, 0.5) is 0 Å². The van der Waals surface area contributed by atoms with Crippen molar-refractivity contribution in [3.63, 3.8) is 0 Å². The maximum Gasteiger partial charge on any atom is 0.130 e. The fourth-order valence-corrected chi connectivity index (χ4v) is 1.60. The second-order valence-corrected chi connectivity index (χ2v) is 3.24. The first-order valence-corrected chi connectivity index (χ1v) is 4.48. The molecule has 2 aromatic rings. The first-order valence-electron chi connectivity index (χ1n) is 4.48. The minimum absolute atomic E-state index is 0.498. The second kappa shape index (κ2) is 3.31. The third-order valence-corrected chi connectivity index (χ3v) is 2.32. The Morgan fingerprint density at radius 2 is 2.29 bits per heavy atom. The fourth-order valence-electron chi connectivity index (χ4n) is 1.60. The maximum absolute atomic E-state index is 5.58. The van der Waals surface area contributed by atoms with Gasteiger partial charge in [-0.2, -0.15) is 5.10 Å². The first kappa shape index (κ1) is 9.02. The molecule has 0 amide bonds. The van der Waals surface area contributed by atoms with Crippen molar-refractivity contribution >= 4 is 10.9 Å². The molecular weight excluding hydrogens is 178 g/mol. The highest BCUT2D eigenvalue weighted by Gasteiger charge is 2.09. The van der Waals surface area contributed by atoms with Crippen LogP contribution in [0.1, 0.15) is 11.3 Å². The van der Waals surface area contributed by atoms with Crippen LogP contribution in [0.15, 0.2) is 12.1 Å². The number of aryl methyl sites for hydroxylation is 1. The molecule has 2 rings (SSSR count). The van der Waals surface area contributed by atoms with Crippen LogP contribution in [-0.2, 0) is 6.54 Å². The number of nitrogens with one attached hydrogen (secondary N) is 1. The SMILES string of the molecule is COc1cc(CN)cc2n[nH]c(C)c12. The molecule has 0 saturated heterocycles. The molecule has 0 atom stereocenters. The molecule has 0 bridgehead atoms. The number of H-pyrrole nitrogens is 1. The Morgan fingerprint density at radius 3 is 2.93 bits per heavy atom. The first-order chi connectivity index (χ1) is 6.76. The van der Waals surface area contributed by atoms with E-state index in [4.69, 9.17) is 10.5 Å². The van der Waals surface area contributed by atoms with E-state index >= 15 is 0 Å². The number of aromatic nitrogens is 2. The van der Waals surface area contributed by atoms with Crippen LogP contribution in [0.5, 0.6) is 5.75 Å². The summed E-state index contributed by atoms with van der Waals surface area (Å²) in [5.41, 5.74) is 8.53. The number of fused-ring (bicyclic) bond motifs is 1. The van der Waals surface area contributed by atoms with E-state index in [0.717, 1.165) is 27.9 Å². The molecule has 1 aromatic carbocycles. The van der Waals surface area contributed by atoms with E-state index in [9.17, 15) is 0 Å². The number of rotatable bonds is 2. The zero-order chi connectivity index (χ0) is 10.1. The van der Waals surface area contributed by atoms with Gasteiger partial charge in [-0.15, -0.1) is 0 Å². The molecule has 1 heterocycles. The van der Waals surface area contributed by atoms with Gasteiger partial charge in [0.05, 0.1) is 18.0 Å². The molecule has 0 radical (unpaired) electrons. The number of methoxy groups -OCH3 is 1. The van der Waals surface area contributed by atoms with Crippen LogP contribution in [0.3, 0.4) is 0 Å². The predicted molar refractivity (Wildman–Crippen MR) is 55.3 cm³/mol. The number of nitrogens with two attached hydrogens (primary N) is 1. The van der Waals surface area contributed by atoms with Crippen molar-refractivity contribution in [3.05, 3.63) is 23.4 Å². The topological polar surface area (TPSA) is 63.9 Å². The highest BCUT2D eigenvalue weighted by molar-refractivity contribution is 5.88. The van der Waals surface area contributed by atoms with Crippen LogP contribution in [0.2, 0.25) is 0 Å². The third-order valence-electron chi connectivity index (χ3n) is 2.32. The molecule has 0 unspecified atom stereocenters. The van der Waals surface area contributed by atoms with Gasteiger partial charge in [0.15, 0.2) is 0 Å². The molecule has 74 valence electrons. The lowest BCUT2D eigenvalue weighted by Gasteiger charge is -2.04. The van der Waals surface area contributed by atoms with Gasteiger partial charge in [-0.1, -0.05) is 0 Å². The van der Waals surface area contributed by atoms with Crippen molar-refractivity contribution in [2.75, 3.05) is 7.11 Å². The molecule has 0 spiro atoms. The average molecular weight is 191 g/mol. The summed E-state index contributed by atoms with van der Waals surface area (Å²) >= 11 is 0. The van der Waals surface area contributed by atoms with E-state index in [-0.39, 0.29) is 0 Å². The average Bonchev–Trinajstić information content (AvgIpc) is 2.59. The molecule has 0 fully saturated rings. The van der Waals surface area contributed by atoms with Crippen molar-refractivity contribution in [2.24, 2.45) is 5.73 Å². The normalized spacial score (nSPS) is 10.8. The lowest BCUT2D eigenvalue weighted by molar-refractivity contribution is 0.419. The number of hydrogen-bond acceptors (Lipinski definition) is 3. The van der Waals surface area contributed by atoms with Crippen LogP contribution < -0.4 is 10.5 Å². The fraction of sp³-hybridized carbons (Fsp3) is 0.300. The minimum Gasteiger partial charge on any atom is -0.496 e. The summed E-state index contributed by atoms with van der Waals surface area (Å²) in [6.45, 7) is 2.47. The highest BCUT2D eigenvalue weighted by atomic mass is 16.5. The van der Waals surface area contributed by atoms with Crippen LogP contribution in [-0.4, -0.2) is 17.3 Å². The Labute approximate surface area is 82.1 Å². The van der Waals surface area contributed by atoms with E-state index in [1.54, 1.807) is 7.11 Å². The summed E-state index contributed by atoms with van der Waals surface area (Å²) in [6.07, 6.45) is 0. The molecule has 0 saturated carbocycles. The summed E-state index contributed by atoms with van der Waals surface area (Å²) in [7, 11) is 1.65. The predicted octanol–water partition coefficient (Wildman–Crippen LogP) is 1.34. The monoisotopic (exact) mass is 191 g/mol. The zero-order valence-electron chi connectivity index (χ0n) is 8.29. The largest absolute Gasteiger partial charge is 0.496 e. The van der Waals surface area contributed by atoms with Gasteiger partial charge in [0.1, 0.15) is 5.75 Å². The van der Waals surface area contributed by atoms with Crippen LogP contribution in [0.25, 0.3) is 10.9 Å². The number of ether oxygens (including phenoxy) is 1. The number of nitrogens with zero attached hydrogens (tertiary/aromatic N) is 1. The quantitative estimate of drug-likeness (QED) is 0.752. The number of hydrogen-bond donors (Lipinski definition) is 2. The smallest absolute Gasteiger partial charge is 0.130 e. The Bertz CT molecular complexity index is 462. The lowest BCUT2D eigenvalue weighted by Crippen LogP contribution is -1.97. The molecule has 3 N–H and O–H groups in total. The van der Waals surface area contributed by atoms with Crippen LogP contribution in [0, 0.1) is 6.92 Å². The molecule has 0 aliphatic heterocycles. The Kier molecular flexibility index (Phi) is 2.13. The molecule has 14 heavy (non-hydrogen) atoms. The van der Waals surface area contributed by atoms with Crippen molar-refractivity contribution in [3.8, 4) is 5.75 Å². The highest BCUT2D eigenvalue weighted by Crippen LogP contribution is 2.28. The molecule has 4 nitrogen and oxygen atoms in total.